The van der Waals surface area contributed by atoms with Crippen LogP contribution in [0.25, 0.3) is 0 Å². The average molecular weight is 228 g/mol. The zero-order valence-corrected chi connectivity index (χ0v) is 10.0. The van der Waals surface area contributed by atoms with Gasteiger partial charge in [-0.05, 0) is 36.2 Å². The largest absolute Gasteiger partial charge is 0.508 e. The van der Waals surface area contributed by atoms with Crippen LogP contribution >= 0.6 is 0 Å². The average Bonchev–Trinajstić information content (AvgIpc) is 2.32. The van der Waals surface area contributed by atoms with Gasteiger partial charge in [-0.15, -0.1) is 0 Å². The second-order valence-electron chi connectivity index (χ2n) is 4.32. The molecule has 0 saturated carbocycles. The van der Waals surface area contributed by atoms with E-state index in [9.17, 15) is 10.2 Å². The molecule has 0 radical (unpaired) electrons. The van der Waals surface area contributed by atoms with Crippen molar-refractivity contribution in [3.05, 3.63) is 59.2 Å². The van der Waals surface area contributed by atoms with Gasteiger partial charge in [-0.25, -0.2) is 0 Å². The first-order chi connectivity index (χ1) is 8.09. The Balaban J connectivity index is 2.47. The maximum Gasteiger partial charge on any atom is 0.119 e. The fraction of sp³-hybridized carbons (Fsp3) is 0.200. The van der Waals surface area contributed by atoms with Crippen LogP contribution in [0, 0.1) is 6.92 Å². The van der Waals surface area contributed by atoms with Gasteiger partial charge >= 0.3 is 0 Å². The van der Waals surface area contributed by atoms with Crippen molar-refractivity contribution in [3.63, 3.8) is 0 Å². The molecular weight excluding hydrogens is 212 g/mol. The summed E-state index contributed by atoms with van der Waals surface area (Å²) in [7, 11) is 0. The van der Waals surface area contributed by atoms with Crippen LogP contribution in [0.4, 0.5) is 0 Å². The number of hydrogen-bond donors (Lipinski definition) is 2. The molecule has 0 aromatic heterocycles. The van der Waals surface area contributed by atoms with Crippen molar-refractivity contribution < 1.29 is 10.2 Å². The van der Waals surface area contributed by atoms with Gasteiger partial charge in [0.25, 0.3) is 0 Å². The smallest absolute Gasteiger partial charge is 0.119 e. The van der Waals surface area contributed by atoms with E-state index >= 15 is 0 Å². The van der Waals surface area contributed by atoms with E-state index in [1.165, 1.54) is 17.7 Å². The van der Waals surface area contributed by atoms with E-state index in [0.29, 0.717) is 0 Å². The maximum atomic E-state index is 9.85. The molecule has 2 aromatic rings. The van der Waals surface area contributed by atoms with Gasteiger partial charge in [0.05, 0.1) is 0 Å². The highest BCUT2D eigenvalue weighted by Crippen LogP contribution is 2.34. The van der Waals surface area contributed by atoms with E-state index in [1.807, 2.05) is 38.1 Å². The number of phenols is 2. The monoisotopic (exact) mass is 228 g/mol. The molecule has 0 aliphatic rings. The van der Waals surface area contributed by atoms with Gasteiger partial charge < -0.3 is 10.2 Å². The third-order valence-electron chi connectivity index (χ3n) is 3.13. The third-order valence-corrected chi connectivity index (χ3v) is 3.13. The van der Waals surface area contributed by atoms with E-state index in [-0.39, 0.29) is 17.4 Å². The molecule has 88 valence electrons. The van der Waals surface area contributed by atoms with Crippen molar-refractivity contribution in [2.45, 2.75) is 19.8 Å². The molecule has 2 heteroatoms. The van der Waals surface area contributed by atoms with Gasteiger partial charge in [0.15, 0.2) is 0 Å². The van der Waals surface area contributed by atoms with E-state index in [1.54, 1.807) is 6.07 Å². The summed E-state index contributed by atoms with van der Waals surface area (Å²) in [5, 5.41) is 19.3. The lowest BCUT2D eigenvalue weighted by atomic mass is 9.89. The Kier molecular flexibility index (Phi) is 3.05. The minimum atomic E-state index is 0.0586. The third kappa shape index (κ3) is 2.26. The SMILES string of the molecule is Cc1ccccc1C(C)c1cc(O)ccc1O. The first kappa shape index (κ1) is 11.5. The fourth-order valence-corrected chi connectivity index (χ4v) is 2.13. The number of hydrogen-bond acceptors (Lipinski definition) is 2. The van der Waals surface area contributed by atoms with Crippen molar-refractivity contribution in [1.82, 2.24) is 0 Å². The first-order valence-corrected chi connectivity index (χ1v) is 5.67. The van der Waals surface area contributed by atoms with Crippen LogP contribution in [0.5, 0.6) is 11.5 Å². The molecule has 0 heterocycles. The summed E-state index contributed by atoms with van der Waals surface area (Å²) in [5.41, 5.74) is 3.09. The Morgan fingerprint density at radius 1 is 0.941 bits per heavy atom. The quantitative estimate of drug-likeness (QED) is 0.771. The molecule has 2 N–H and O–H groups in total. The van der Waals surface area contributed by atoms with Crippen molar-refractivity contribution in [3.8, 4) is 11.5 Å². The lowest BCUT2D eigenvalue weighted by Gasteiger charge is -2.16. The Bertz CT molecular complexity index is 532. The molecule has 0 fully saturated rings. The summed E-state index contributed by atoms with van der Waals surface area (Å²) in [6, 6.07) is 12.7. The van der Waals surface area contributed by atoms with Crippen LogP contribution in [-0.2, 0) is 0 Å². The molecule has 0 aliphatic heterocycles. The van der Waals surface area contributed by atoms with Crippen LogP contribution in [0.15, 0.2) is 42.5 Å². The number of phenolic OH excluding ortho intramolecular Hbond substituents is 2. The van der Waals surface area contributed by atoms with Crippen molar-refractivity contribution >= 4 is 0 Å². The maximum absolute atomic E-state index is 9.85. The van der Waals surface area contributed by atoms with Gasteiger partial charge in [-0.3, -0.25) is 0 Å². The van der Waals surface area contributed by atoms with Crippen LogP contribution in [0.2, 0.25) is 0 Å². The first-order valence-electron chi connectivity index (χ1n) is 5.67. The lowest BCUT2D eigenvalue weighted by molar-refractivity contribution is 0.452. The van der Waals surface area contributed by atoms with Crippen LogP contribution in [0.1, 0.15) is 29.5 Å². The number of rotatable bonds is 2. The molecule has 1 atom stereocenters. The highest BCUT2D eigenvalue weighted by atomic mass is 16.3. The van der Waals surface area contributed by atoms with Gasteiger partial charge in [0.2, 0.25) is 0 Å². The highest BCUT2D eigenvalue weighted by molar-refractivity contribution is 5.46. The Morgan fingerprint density at radius 3 is 2.35 bits per heavy atom. The second kappa shape index (κ2) is 4.50. The summed E-state index contributed by atoms with van der Waals surface area (Å²) in [6.45, 7) is 4.07. The molecule has 0 saturated heterocycles. The predicted octanol–water partition coefficient (Wildman–Crippen LogP) is 3.56. The molecule has 2 aromatic carbocycles. The van der Waals surface area contributed by atoms with Gasteiger partial charge in [0, 0.05) is 11.5 Å². The molecule has 1 unspecified atom stereocenters. The molecule has 0 amide bonds. The fourth-order valence-electron chi connectivity index (χ4n) is 2.13. The number of aryl methyl sites for hydroxylation is 1. The van der Waals surface area contributed by atoms with Crippen LogP contribution in [-0.4, -0.2) is 10.2 Å². The summed E-state index contributed by atoms with van der Waals surface area (Å²) in [4.78, 5) is 0. The Morgan fingerprint density at radius 2 is 1.65 bits per heavy atom. The Hall–Kier alpha value is -1.96. The predicted molar refractivity (Wildman–Crippen MR) is 68.5 cm³/mol. The molecule has 0 bridgehead atoms. The van der Waals surface area contributed by atoms with E-state index in [4.69, 9.17) is 0 Å². The molecule has 2 nitrogen and oxygen atoms in total. The second-order valence-corrected chi connectivity index (χ2v) is 4.32. The van der Waals surface area contributed by atoms with Crippen LogP contribution in [0.3, 0.4) is 0 Å². The topological polar surface area (TPSA) is 40.5 Å². The highest BCUT2D eigenvalue weighted by Gasteiger charge is 2.14. The van der Waals surface area contributed by atoms with E-state index < -0.39 is 0 Å². The Labute approximate surface area is 101 Å². The summed E-state index contributed by atoms with van der Waals surface area (Å²) >= 11 is 0. The molecule has 17 heavy (non-hydrogen) atoms. The van der Waals surface area contributed by atoms with E-state index in [0.717, 1.165) is 11.1 Å². The zero-order valence-electron chi connectivity index (χ0n) is 10.0. The molecule has 0 spiro atoms. The van der Waals surface area contributed by atoms with Gasteiger partial charge in [0.1, 0.15) is 11.5 Å². The summed E-state index contributed by atoms with van der Waals surface area (Å²) in [5.74, 6) is 0.458. The summed E-state index contributed by atoms with van der Waals surface area (Å²) in [6.07, 6.45) is 0. The normalized spacial score (nSPS) is 12.4. The zero-order chi connectivity index (χ0) is 12.4. The standard InChI is InChI=1S/C15H16O2/c1-10-5-3-4-6-13(10)11(2)14-9-12(16)7-8-15(14)17/h3-9,11,16-17H,1-2H3. The lowest BCUT2D eigenvalue weighted by Crippen LogP contribution is -1.98. The van der Waals surface area contributed by atoms with E-state index in [2.05, 4.69) is 0 Å². The minimum absolute atomic E-state index is 0.0586. The number of benzene rings is 2. The molecule has 2 rings (SSSR count). The number of aromatic hydroxyl groups is 2. The van der Waals surface area contributed by atoms with Gasteiger partial charge in [-0.2, -0.15) is 0 Å². The van der Waals surface area contributed by atoms with Crippen LogP contribution < -0.4 is 0 Å². The van der Waals surface area contributed by atoms with Crippen molar-refractivity contribution in [2.75, 3.05) is 0 Å². The van der Waals surface area contributed by atoms with Crippen molar-refractivity contribution in [2.24, 2.45) is 0 Å². The molecular formula is C15H16O2. The van der Waals surface area contributed by atoms with Gasteiger partial charge in [-0.1, -0.05) is 31.2 Å². The van der Waals surface area contributed by atoms with Crippen molar-refractivity contribution in [1.29, 1.82) is 0 Å². The molecule has 0 aliphatic carbocycles. The minimum Gasteiger partial charge on any atom is -0.508 e. The summed E-state index contributed by atoms with van der Waals surface area (Å²) < 4.78 is 0.